The first-order chi connectivity index (χ1) is 18.4. The van der Waals surface area contributed by atoms with Crippen LogP contribution in [0.4, 0.5) is 8.78 Å². The molecule has 0 N–H and O–H groups in total. The van der Waals surface area contributed by atoms with E-state index in [4.69, 9.17) is 26.1 Å². The second-order valence-corrected chi connectivity index (χ2v) is 10.0. The van der Waals surface area contributed by atoms with Gasteiger partial charge < -0.3 is 14.0 Å². The summed E-state index contributed by atoms with van der Waals surface area (Å²) in [6.45, 7) is 0.562. The lowest BCUT2D eigenvalue weighted by molar-refractivity contribution is 0.0593. The lowest BCUT2D eigenvalue weighted by atomic mass is 9.83. The summed E-state index contributed by atoms with van der Waals surface area (Å²) < 4.78 is 41.6. The fraction of sp³-hybridized carbons (Fsp3) is 0.345. The lowest BCUT2D eigenvalue weighted by Gasteiger charge is -2.32. The van der Waals surface area contributed by atoms with Crippen LogP contribution in [0.3, 0.4) is 0 Å². The van der Waals surface area contributed by atoms with Crippen LogP contribution < -0.4 is 0 Å². The average Bonchev–Trinajstić information content (AvgIpc) is 3.29. The zero-order valence-corrected chi connectivity index (χ0v) is 21.8. The number of pyridine rings is 1. The van der Waals surface area contributed by atoms with Crippen LogP contribution in [-0.4, -0.2) is 34.2 Å². The molecule has 1 fully saturated rings. The van der Waals surface area contributed by atoms with Crippen molar-refractivity contribution in [3.63, 3.8) is 0 Å². The van der Waals surface area contributed by atoms with E-state index < -0.39 is 17.6 Å². The van der Waals surface area contributed by atoms with Gasteiger partial charge in [-0.25, -0.2) is 18.6 Å². The van der Waals surface area contributed by atoms with Crippen molar-refractivity contribution < 1.29 is 23.0 Å². The minimum Gasteiger partial charge on any atom is -0.465 e. The van der Waals surface area contributed by atoms with Gasteiger partial charge in [0.2, 0.25) is 0 Å². The summed E-state index contributed by atoms with van der Waals surface area (Å²) in [6.07, 6.45) is 6.85. The van der Waals surface area contributed by atoms with Gasteiger partial charge in [0, 0.05) is 28.9 Å². The first-order valence-electron chi connectivity index (χ1n) is 12.7. The Morgan fingerprint density at radius 2 is 1.82 bits per heavy atom. The number of nitrogens with zero attached hydrogens (tertiary/aromatic N) is 3. The fourth-order valence-electron chi connectivity index (χ4n) is 5.20. The Balaban J connectivity index is 1.50. The Kier molecular flexibility index (Phi) is 8.00. The Labute approximate surface area is 224 Å². The van der Waals surface area contributed by atoms with Gasteiger partial charge >= 0.3 is 5.97 Å². The van der Waals surface area contributed by atoms with E-state index in [9.17, 15) is 13.6 Å². The van der Waals surface area contributed by atoms with E-state index in [-0.39, 0.29) is 18.6 Å². The van der Waals surface area contributed by atoms with Crippen molar-refractivity contribution in [2.24, 2.45) is 5.92 Å². The highest BCUT2D eigenvalue weighted by Crippen LogP contribution is 2.39. The molecule has 2 heterocycles. The Morgan fingerprint density at radius 3 is 2.50 bits per heavy atom. The van der Waals surface area contributed by atoms with Gasteiger partial charge in [-0.3, -0.25) is 4.98 Å². The summed E-state index contributed by atoms with van der Waals surface area (Å²) in [5.74, 6) is -1.42. The first kappa shape index (κ1) is 26.3. The van der Waals surface area contributed by atoms with E-state index in [1.165, 1.54) is 25.8 Å². The average molecular weight is 540 g/mol. The van der Waals surface area contributed by atoms with Gasteiger partial charge in [-0.05, 0) is 55.2 Å². The molecular weight excluding hydrogens is 512 g/mol. The van der Waals surface area contributed by atoms with Gasteiger partial charge in [0.25, 0.3) is 0 Å². The number of methoxy groups -OCH3 is 1. The van der Waals surface area contributed by atoms with Gasteiger partial charge in [-0.15, -0.1) is 0 Å². The van der Waals surface area contributed by atoms with Crippen molar-refractivity contribution in [2.45, 2.75) is 44.8 Å². The minimum absolute atomic E-state index is 0.162. The van der Waals surface area contributed by atoms with E-state index in [2.05, 4.69) is 4.98 Å². The molecular formula is C29H28ClF2N3O3. The summed E-state index contributed by atoms with van der Waals surface area (Å²) in [4.78, 5) is 20.7. The molecule has 2 aromatic heterocycles. The number of benzene rings is 2. The third kappa shape index (κ3) is 5.56. The topological polar surface area (TPSA) is 66.2 Å². The normalized spacial score (nSPS) is 15.1. The molecule has 0 bridgehead atoms. The van der Waals surface area contributed by atoms with Crippen molar-refractivity contribution in [3.05, 3.63) is 82.6 Å². The molecule has 1 aliphatic rings. The number of esters is 1. The van der Waals surface area contributed by atoms with Crippen molar-refractivity contribution in [3.8, 4) is 11.4 Å². The van der Waals surface area contributed by atoms with Crippen LogP contribution in [0.15, 0.2) is 54.7 Å². The Morgan fingerprint density at radius 1 is 1.08 bits per heavy atom. The summed E-state index contributed by atoms with van der Waals surface area (Å²) in [6, 6.07) is 12.9. The van der Waals surface area contributed by atoms with Crippen molar-refractivity contribution in [1.29, 1.82) is 0 Å². The van der Waals surface area contributed by atoms with Crippen LogP contribution in [-0.2, 0) is 16.1 Å². The monoisotopic (exact) mass is 539 g/mol. The van der Waals surface area contributed by atoms with Crippen LogP contribution in [0, 0.1) is 17.6 Å². The number of carbonyl (C=O) groups excluding carboxylic acids is 1. The van der Waals surface area contributed by atoms with Crippen molar-refractivity contribution in [1.82, 2.24) is 14.5 Å². The van der Waals surface area contributed by atoms with Gasteiger partial charge in [0.05, 0.1) is 48.7 Å². The van der Waals surface area contributed by atoms with E-state index in [0.29, 0.717) is 39.7 Å². The number of fused-ring (bicyclic) bond motifs is 1. The van der Waals surface area contributed by atoms with E-state index in [1.54, 1.807) is 24.3 Å². The molecule has 9 heteroatoms. The quantitative estimate of drug-likeness (QED) is 0.222. The number of hydrogen-bond donors (Lipinski definition) is 0. The smallest absolute Gasteiger partial charge is 0.339 e. The van der Waals surface area contributed by atoms with E-state index in [0.717, 1.165) is 37.3 Å². The highest BCUT2D eigenvalue weighted by atomic mass is 35.5. The van der Waals surface area contributed by atoms with Crippen LogP contribution in [0.2, 0.25) is 5.02 Å². The maximum absolute atomic E-state index is 14.5. The SMILES string of the molecule is COC(=O)c1ccc(COCC(C2CCCCC2)n2c(-c3ccc(Cl)cc3)nc3cc(F)c(F)cc32)nc1. The molecule has 1 saturated carbocycles. The van der Waals surface area contributed by atoms with Crippen molar-refractivity contribution >= 4 is 28.6 Å². The molecule has 1 aliphatic carbocycles. The number of imidazole rings is 1. The van der Waals surface area contributed by atoms with Crippen LogP contribution in [0.25, 0.3) is 22.4 Å². The summed E-state index contributed by atoms with van der Waals surface area (Å²) >= 11 is 6.13. The van der Waals surface area contributed by atoms with Gasteiger partial charge in [0.1, 0.15) is 5.82 Å². The molecule has 4 aromatic rings. The molecule has 0 saturated heterocycles. The molecule has 0 spiro atoms. The number of rotatable bonds is 8. The lowest BCUT2D eigenvalue weighted by Crippen LogP contribution is -2.27. The number of halogens is 3. The predicted molar refractivity (Wildman–Crippen MR) is 141 cm³/mol. The standard InChI is InChI=1S/C29H28ClF2N3O3/c1-37-29(36)20-9-12-22(33-15-20)16-38-17-27(18-5-3-2-4-6-18)35-26-14-24(32)23(31)13-25(26)34-28(35)19-7-10-21(30)11-8-19/h7-15,18,27H,2-6,16-17H2,1H3. The molecule has 2 aromatic carbocycles. The maximum atomic E-state index is 14.5. The second kappa shape index (κ2) is 11.6. The number of carbonyl (C=O) groups is 1. The molecule has 0 amide bonds. The van der Waals surface area contributed by atoms with E-state index >= 15 is 0 Å². The molecule has 198 valence electrons. The minimum atomic E-state index is -0.934. The zero-order valence-electron chi connectivity index (χ0n) is 21.0. The van der Waals surface area contributed by atoms with Crippen LogP contribution in [0.1, 0.15) is 54.2 Å². The highest BCUT2D eigenvalue weighted by molar-refractivity contribution is 6.30. The summed E-state index contributed by atoms with van der Waals surface area (Å²) in [5, 5.41) is 0.589. The molecule has 38 heavy (non-hydrogen) atoms. The summed E-state index contributed by atoms with van der Waals surface area (Å²) in [7, 11) is 1.32. The second-order valence-electron chi connectivity index (χ2n) is 9.58. The van der Waals surface area contributed by atoms with Crippen molar-refractivity contribution in [2.75, 3.05) is 13.7 Å². The summed E-state index contributed by atoms with van der Waals surface area (Å²) in [5.41, 5.74) is 2.74. The van der Waals surface area contributed by atoms with Gasteiger partial charge in [-0.1, -0.05) is 30.9 Å². The van der Waals surface area contributed by atoms with E-state index in [1.807, 2.05) is 16.7 Å². The fourth-order valence-corrected chi connectivity index (χ4v) is 5.33. The Bertz CT molecular complexity index is 1420. The molecule has 1 unspecified atom stereocenters. The first-order valence-corrected chi connectivity index (χ1v) is 13.1. The van der Waals surface area contributed by atoms with Crippen LogP contribution in [0.5, 0.6) is 0 Å². The highest BCUT2D eigenvalue weighted by Gasteiger charge is 2.30. The largest absolute Gasteiger partial charge is 0.465 e. The third-order valence-corrected chi connectivity index (χ3v) is 7.40. The Hall–Kier alpha value is -3.36. The third-order valence-electron chi connectivity index (χ3n) is 7.14. The van der Waals surface area contributed by atoms with Gasteiger partial charge in [-0.2, -0.15) is 0 Å². The molecule has 6 nitrogen and oxygen atoms in total. The number of hydrogen-bond acceptors (Lipinski definition) is 5. The predicted octanol–water partition coefficient (Wildman–Crippen LogP) is 7.15. The zero-order chi connectivity index (χ0) is 26.6. The molecule has 0 aliphatic heterocycles. The maximum Gasteiger partial charge on any atom is 0.339 e. The van der Waals surface area contributed by atoms with Gasteiger partial charge in [0.15, 0.2) is 11.6 Å². The van der Waals surface area contributed by atoms with Crippen LogP contribution >= 0.6 is 11.6 Å². The number of aromatic nitrogens is 3. The molecule has 1 atom stereocenters. The molecule has 0 radical (unpaired) electrons. The molecule has 5 rings (SSSR count). The number of ether oxygens (including phenoxy) is 2.